The molecule has 0 aliphatic carbocycles. The number of carbonyl (C=O) groups excluding carboxylic acids is 1. The van der Waals surface area contributed by atoms with Gasteiger partial charge in [-0.2, -0.15) is 0 Å². The first-order chi connectivity index (χ1) is 3.41. The Morgan fingerprint density at radius 1 is 1.38 bits per heavy atom. The summed E-state index contributed by atoms with van der Waals surface area (Å²) in [6, 6.07) is 0. The van der Waals surface area contributed by atoms with Gasteiger partial charge in [0, 0.05) is 39.0 Å². The molecule has 41 valence electrons. The van der Waals surface area contributed by atoms with Crippen LogP contribution in [0.15, 0.2) is 12.2 Å². The molecule has 0 bridgehead atoms. The van der Waals surface area contributed by atoms with Crippen LogP contribution >= 0.6 is 0 Å². The van der Waals surface area contributed by atoms with Crippen LogP contribution in [-0.2, 0) is 37.5 Å². The average Bonchev–Trinajstić information content (AvgIpc) is 1.69. The average molecular weight is 183 g/mol. The molecule has 0 saturated carbocycles. The van der Waals surface area contributed by atoms with E-state index in [9.17, 15) is 4.79 Å². The molecule has 1 radical (unpaired) electrons. The molecule has 0 aliphatic rings. The second kappa shape index (κ2) is 10.3. The monoisotopic (exact) mass is 183 g/mol. The molecule has 0 fully saturated rings. The van der Waals surface area contributed by atoms with E-state index in [4.69, 9.17) is 0 Å². The van der Waals surface area contributed by atoms with Crippen molar-refractivity contribution in [2.45, 2.75) is 6.92 Å². The van der Waals surface area contributed by atoms with Crippen LogP contribution in [0, 0.1) is 12.2 Å². The minimum Gasteiger partial charge on any atom is -0.390 e. The molecule has 0 aromatic heterocycles. The number of aldehydes is 1. The van der Waals surface area contributed by atoms with Crippen molar-refractivity contribution >= 4 is 6.29 Å². The van der Waals surface area contributed by atoms with Crippen LogP contribution in [0.2, 0.25) is 0 Å². The Balaban J connectivity index is 0. The van der Waals surface area contributed by atoms with E-state index in [2.05, 4.69) is 12.2 Å². The summed E-state index contributed by atoms with van der Waals surface area (Å²) in [5, 5.41) is 0. The first kappa shape index (κ1) is 11.1. The van der Waals surface area contributed by atoms with Gasteiger partial charge in [-0.15, -0.1) is 6.92 Å². The number of rotatable bonds is 2. The smallest absolute Gasteiger partial charge is 0.0353 e. The van der Waals surface area contributed by atoms with Crippen LogP contribution in [0.25, 0.3) is 0 Å². The van der Waals surface area contributed by atoms with Crippen LogP contribution in [-0.4, -0.2) is 6.29 Å². The molecule has 8 heavy (non-hydrogen) atoms. The van der Waals surface area contributed by atoms with Crippen LogP contribution in [0.4, 0.5) is 0 Å². The minimum atomic E-state index is 0. The molecule has 0 rings (SSSR count). The zero-order valence-corrected chi connectivity index (χ0v) is 7.56. The van der Waals surface area contributed by atoms with E-state index < -0.39 is 0 Å². The van der Waals surface area contributed by atoms with Gasteiger partial charge in [0.1, 0.15) is 0 Å². The standard InChI is InChI=1S/C6H6O.Y/c1-2-3-4-5-6-7;/h3-4,6H,1H3;/q-2;. The molecule has 0 N–H and O–H groups in total. The van der Waals surface area contributed by atoms with E-state index >= 15 is 0 Å². The number of hydrogen-bond acceptors (Lipinski definition) is 1. The van der Waals surface area contributed by atoms with Crippen LogP contribution in [0.1, 0.15) is 6.92 Å². The largest absolute Gasteiger partial charge is 0.390 e. The maximum absolute atomic E-state index is 9.49. The van der Waals surface area contributed by atoms with Gasteiger partial charge >= 0.3 is 0 Å². The second-order valence-corrected chi connectivity index (χ2v) is 0.907. The third-order valence-corrected chi connectivity index (χ3v) is 0.414. The predicted octanol–water partition coefficient (Wildman–Crippen LogP) is 0.921. The minimum absolute atomic E-state index is 0. The molecule has 0 spiro atoms. The van der Waals surface area contributed by atoms with Crippen molar-refractivity contribution in [2.75, 3.05) is 0 Å². The third-order valence-electron chi connectivity index (χ3n) is 0.414. The Morgan fingerprint density at radius 2 is 2.00 bits per heavy atom. The van der Waals surface area contributed by atoms with Gasteiger partial charge in [0.2, 0.25) is 0 Å². The fraction of sp³-hybridized carbons (Fsp3) is 0.167. The van der Waals surface area contributed by atoms with Crippen molar-refractivity contribution in [3.8, 4) is 0 Å². The van der Waals surface area contributed by atoms with Crippen molar-refractivity contribution in [1.82, 2.24) is 0 Å². The van der Waals surface area contributed by atoms with E-state index in [0.29, 0.717) is 6.29 Å². The number of carbonyl (C=O) groups is 1. The molecule has 1 nitrogen and oxygen atoms in total. The van der Waals surface area contributed by atoms with E-state index in [-0.39, 0.29) is 32.7 Å². The molecule has 0 unspecified atom stereocenters. The Morgan fingerprint density at radius 3 is 2.38 bits per heavy atom. The Bertz CT molecular complexity index is 94.7. The summed E-state index contributed by atoms with van der Waals surface area (Å²) in [6.45, 7) is 1.75. The quantitative estimate of drug-likeness (QED) is 0.269. The fourth-order valence-electron chi connectivity index (χ4n) is 0.171. The maximum atomic E-state index is 9.49. The van der Waals surface area contributed by atoms with Crippen molar-refractivity contribution in [3.63, 3.8) is 0 Å². The SMILES string of the molecule is C[C-]=CC=[C-]C=O.[Y]. The maximum Gasteiger partial charge on any atom is 0.0353 e. The van der Waals surface area contributed by atoms with Crippen LogP contribution in [0.5, 0.6) is 0 Å². The molecule has 2 heteroatoms. The van der Waals surface area contributed by atoms with Crippen molar-refractivity contribution in [3.05, 3.63) is 24.3 Å². The predicted molar refractivity (Wildman–Crippen MR) is 27.4 cm³/mol. The molecular weight excluding hydrogens is 177 g/mol. The summed E-state index contributed by atoms with van der Waals surface area (Å²) in [7, 11) is 0. The normalized spacial score (nSPS) is 9.62. The summed E-state index contributed by atoms with van der Waals surface area (Å²) in [5.74, 6) is 0. The summed E-state index contributed by atoms with van der Waals surface area (Å²) >= 11 is 0. The van der Waals surface area contributed by atoms with E-state index in [1.165, 1.54) is 6.08 Å². The van der Waals surface area contributed by atoms with Gasteiger partial charge in [-0.05, 0) is 0 Å². The Kier molecular flexibility index (Phi) is 14.3. The third kappa shape index (κ3) is 9.54. The molecular formula is C6H6OY-2. The van der Waals surface area contributed by atoms with E-state index in [0.717, 1.165) is 0 Å². The summed E-state index contributed by atoms with van der Waals surface area (Å²) in [5.41, 5.74) is 0. The topological polar surface area (TPSA) is 17.1 Å². The van der Waals surface area contributed by atoms with Gasteiger partial charge in [0.05, 0.1) is 0 Å². The molecule has 0 aromatic carbocycles. The van der Waals surface area contributed by atoms with Crippen LogP contribution < -0.4 is 0 Å². The van der Waals surface area contributed by atoms with Gasteiger partial charge in [0.15, 0.2) is 0 Å². The zero-order valence-electron chi connectivity index (χ0n) is 4.72. The molecule has 0 aliphatic heterocycles. The first-order valence-corrected chi connectivity index (χ1v) is 1.94. The number of hydrogen-bond donors (Lipinski definition) is 0. The molecule has 0 aromatic rings. The van der Waals surface area contributed by atoms with Crippen molar-refractivity contribution in [1.29, 1.82) is 0 Å². The first-order valence-electron chi connectivity index (χ1n) is 1.94. The van der Waals surface area contributed by atoms with E-state index in [1.54, 1.807) is 13.0 Å². The van der Waals surface area contributed by atoms with Gasteiger partial charge in [0.25, 0.3) is 0 Å². The second-order valence-electron chi connectivity index (χ2n) is 0.907. The van der Waals surface area contributed by atoms with Gasteiger partial charge < -0.3 is 29.1 Å². The van der Waals surface area contributed by atoms with Crippen LogP contribution in [0.3, 0.4) is 0 Å². The summed E-state index contributed by atoms with van der Waals surface area (Å²) in [6.07, 6.45) is 8.76. The zero-order chi connectivity index (χ0) is 5.54. The van der Waals surface area contributed by atoms with Crippen molar-refractivity contribution < 1.29 is 37.5 Å². The molecule has 0 heterocycles. The summed E-state index contributed by atoms with van der Waals surface area (Å²) in [4.78, 5) is 9.49. The molecule has 0 saturated heterocycles. The summed E-state index contributed by atoms with van der Waals surface area (Å²) < 4.78 is 0. The van der Waals surface area contributed by atoms with Gasteiger partial charge in [-0.3, -0.25) is 0 Å². The Labute approximate surface area is 74.7 Å². The van der Waals surface area contributed by atoms with Crippen molar-refractivity contribution in [2.24, 2.45) is 0 Å². The molecule has 0 amide bonds. The molecule has 0 atom stereocenters. The Hall–Kier alpha value is 0.254. The van der Waals surface area contributed by atoms with Gasteiger partial charge in [-0.25, -0.2) is 0 Å². The fourth-order valence-corrected chi connectivity index (χ4v) is 0.171. The van der Waals surface area contributed by atoms with E-state index in [1.807, 2.05) is 0 Å². The van der Waals surface area contributed by atoms with Gasteiger partial charge in [-0.1, -0.05) is 0 Å². The number of allylic oxidation sites excluding steroid dienone is 4.